The molecule has 2 amide bonds. The van der Waals surface area contributed by atoms with Crippen LogP contribution in [0.25, 0.3) is 0 Å². The Bertz CT molecular complexity index is 1140. The molecule has 31 heavy (non-hydrogen) atoms. The van der Waals surface area contributed by atoms with Gasteiger partial charge in [0.05, 0.1) is 24.9 Å². The maximum absolute atomic E-state index is 13.9. The van der Waals surface area contributed by atoms with Gasteiger partial charge in [0, 0.05) is 30.8 Å². The van der Waals surface area contributed by atoms with Gasteiger partial charge in [0.15, 0.2) is 11.4 Å². The van der Waals surface area contributed by atoms with Crippen LogP contribution in [0.5, 0.6) is 5.75 Å². The Morgan fingerprint density at radius 1 is 1.32 bits per heavy atom. The molecule has 0 radical (unpaired) electrons. The Morgan fingerprint density at radius 2 is 2.06 bits per heavy atom. The monoisotopic (exact) mass is 433 g/mol. The van der Waals surface area contributed by atoms with Crippen LogP contribution in [-0.4, -0.2) is 45.6 Å². The summed E-state index contributed by atoms with van der Waals surface area (Å²) in [6, 6.07) is 2.40. The van der Waals surface area contributed by atoms with E-state index in [0.717, 1.165) is 6.07 Å². The highest BCUT2D eigenvalue weighted by Gasteiger charge is 2.41. The third-order valence-corrected chi connectivity index (χ3v) is 5.58. The van der Waals surface area contributed by atoms with Crippen molar-refractivity contribution in [3.8, 4) is 5.75 Å². The normalized spacial score (nSPS) is 17.6. The molecule has 0 bridgehead atoms. The third kappa shape index (κ3) is 3.46. The largest absolute Gasteiger partial charge is 0.503 e. The van der Waals surface area contributed by atoms with E-state index in [9.17, 15) is 28.3 Å². The van der Waals surface area contributed by atoms with Gasteiger partial charge in [0.25, 0.3) is 11.8 Å². The van der Waals surface area contributed by atoms with Crippen LogP contribution in [-0.2, 0) is 17.9 Å². The SMILES string of the molecule is CC(C)N1C[C@@H]2COCc3c(C(=O)NCc4ccc(F)cc4F)c(=O)c(O)c(n32)C1=O. The van der Waals surface area contributed by atoms with Crippen LogP contribution in [0.15, 0.2) is 23.0 Å². The molecule has 0 aliphatic carbocycles. The van der Waals surface area contributed by atoms with Crippen LogP contribution in [0.2, 0.25) is 0 Å². The second-order valence-electron chi connectivity index (χ2n) is 7.86. The average molecular weight is 433 g/mol. The number of hydrogen-bond donors (Lipinski definition) is 2. The van der Waals surface area contributed by atoms with Crippen molar-refractivity contribution in [3.05, 3.63) is 62.6 Å². The minimum Gasteiger partial charge on any atom is -0.503 e. The summed E-state index contributed by atoms with van der Waals surface area (Å²) in [7, 11) is 0. The third-order valence-electron chi connectivity index (χ3n) is 5.58. The summed E-state index contributed by atoms with van der Waals surface area (Å²) < 4.78 is 34.0. The average Bonchev–Trinajstić information content (AvgIpc) is 2.71. The summed E-state index contributed by atoms with van der Waals surface area (Å²) in [6.07, 6.45) is 0. The molecule has 8 nitrogen and oxygen atoms in total. The summed E-state index contributed by atoms with van der Waals surface area (Å²) in [4.78, 5) is 40.2. The first-order chi connectivity index (χ1) is 14.7. The van der Waals surface area contributed by atoms with Gasteiger partial charge < -0.3 is 24.6 Å². The maximum Gasteiger partial charge on any atom is 0.274 e. The number of aromatic hydroxyl groups is 1. The van der Waals surface area contributed by atoms with Gasteiger partial charge in [-0.25, -0.2) is 8.78 Å². The Labute approximate surface area is 176 Å². The molecule has 164 valence electrons. The Balaban J connectivity index is 1.74. The Morgan fingerprint density at radius 3 is 2.74 bits per heavy atom. The molecule has 2 aliphatic rings. The molecule has 1 aromatic heterocycles. The van der Waals surface area contributed by atoms with E-state index in [-0.39, 0.29) is 54.4 Å². The van der Waals surface area contributed by atoms with Gasteiger partial charge in [-0.3, -0.25) is 14.4 Å². The van der Waals surface area contributed by atoms with E-state index in [2.05, 4.69) is 5.32 Å². The van der Waals surface area contributed by atoms with Gasteiger partial charge >= 0.3 is 0 Å². The number of aromatic nitrogens is 1. The number of hydrogen-bond acceptors (Lipinski definition) is 5. The molecule has 0 saturated heterocycles. The summed E-state index contributed by atoms with van der Waals surface area (Å²) in [6.45, 7) is 3.81. The lowest BCUT2D eigenvalue weighted by atomic mass is 10.0. The summed E-state index contributed by atoms with van der Waals surface area (Å²) in [5, 5.41) is 13.0. The van der Waals surface area contributed by atoms with Crippen molar-refractivity contribution < 1.29 is 28.2 Å². The lowest BCUT2D eigenvalue weighted by Crippen LogP contribution is -2.51. The smallest absolute Gasteiger partial charge is 0.274 e. The number of nitrogens with zero attached hydrogens (tertiary/aromatic N) is 2. The molecular weight excluding hydrogens is 412 g/mol. The van der Waals surface area contributed by atoms with E-state index in [1.54, 1.807) is 0 Å². The van der Waals surface area contributed by atoms with Crippen molar-refractivity contribution in [2.24, 2.45) is 0 Å². The van der Waals surface area contributed by atoms with E-state index in [1.807, 2.05) is 13.8 Å². The van der Waals surface area contributed by atoms with E-state index >= 15 is 0 Å². The van der Waals surface area contributed by atoms with E-state index in [1.165, 1.54) is 15.5 Å². The molecule has 2 N–H and O–H groups in total. The Hall–Kier alpha value is -3.27. The highest BCUT2D eigenvalue weighted by Crippen LogP contribution is 2.33. The lowest BCUT2D eigenvalue weighted by Gasteiger charge is -2.41. The number of ether oxygens (including phenoxy) is 1. The van der Waals surface area contributed by atoms with Gasteiger partial charge in [-0.2, -0.15) is 0 Å². The molecule has 3 heterocycles. The predicted octanol–water partition coefficient (Wildman–Crippen LogP) is 1.70. The number of amides is 2. The fourth-order valence-electron chi connectivity index (χ4n) is 4.03. The molecule has 0 fully saturated rings. The summed E-state index contributed by atoms with van der Waals surface area (Å²) >= 11 is 0. The van der Waals surface area contributed by atoms with Crippen LogP contribution >= 0.6 is 0 Å². The molecule has 0 unspecified atom stereocenters. The van der Waals surface area contributed by atoms with E-state index in [4.69, 9.17) is 4.74 Å². The van der Waals surface area contributed by atoms with Gasteiger partial charge in [0.2, 0.25) is 5.43 Å². The second-order valence-corrected chi connectivity index (χ2v) is 7.86. The molecule has 0 saturated carbocycles. The standard InChI is InChI=1S/C21H21F2N3O5/c1-10(2)25-7-13-8-31-9-15-16(18(27)19(28)17(21(25)30)26(13)15)20(29)24-6-11-3-4-12(22)5-14(11)23/h3-5,10,13,28H,6-9H2,1-2H3,(H,24,29)/t13-/m1/s1. The maximum atomic E-state index is 13.9. The van der Waals surface area contributed by atoms with Crippen molar-refractivity contribution in [2.75, 3.05) is 13.2 Å². The van der Waals surface area contributed by atoms with Crippen LogP contribution in [0.1, 0.15) is 52.0 Å². The number of carbonyl (C=O) groups excluding carboxylic acids is 2. The van der Waals surface area contributed by atoms with Crippen molar-refractivity contribution >= 4 is 11.8 Å². The molecular formula is C21H21F2N3O5. The number of nitrogens with one attached hydrogen (secondary N) is 1. The number of pyridine rings is 1. The number of benzene rings is 1. The second kappa shape index (κ2) is 7.77. The Kier molecular flexibility index (Phi) is 5.26. The minimum atomic E-state index is -0.999. The fourth-order valence-corrected chi connectivity index (χ4v) is 4.03. The summed E-state index contributed by atoms with van der Waals surface area (Å²) in [5.74, 6) is -3.74. The predicted molar refractivity (Wildman–Crippen MR) is 105 cm³/mol. The van der Waals surface area contributed by atoms with Crippen molar-refractivity contribution in [1.82, 2.24) is 14.8 Å². The fraction of sp³-hybridized carbons (Fsp3) is 0.381. The quantitative estimate of drug-likeness (QED) is 0.765. The first-order valence-electron chi connectivity index (χ1n) is 9.81. The van der Waals surface area contributed by atoms with Crippen LogP contribution in [0.4, 0.5) is 8.78 Å². The molecule has 10 heteroatoms. The van der Waals surface area contributed by atoms with Crippen LogP contribution in [0, 0.1) is 11.6 Å². The van der Waals surface area contributed by atoms with Crippen LogP contribution in [0.3, 0.4) is 0 Å². The van der Waals surface area contributed by atoms with Crippen LogP contribution < -0.4 is 10.7 Å². The highest BCUT2D eigenvalue weighted by molar-refractivity contribution is 6.00. The molecule has 4 rings (SSSR count). The molecule has 2 aromatic rings. The first-order valence-corrected chi connectivity index (χ1v) is 9.81. The first kappa shape index (κ1) is 21.0. The topological polar surface area (TPSA) is 101 Å². The van der Waals surface area contributed by atoms with Gasteiger partial charge in [-0.05, 0) is 19.9 Å². The van der Waals surface area contributed by atoms with E-state index in [0.29, 0.717) is 12.6 Å². The van der Waals surface area contributed by atoms with Gasteiger partial charge in [-0.15, -0.1) is 0 Å². The zero-order valence-electron chi connectivity index (χ0n) is 16.9. The van der Waals surface area contributed by atoms with Gasteiger partial charge in [0.1, 0.15) is 17.2 Å². The molecule has 0 spiro atoms. The molecule has 1 aromatic carbocycles. The molecule has 1 atom stereocenters. The highest BCUT2D eigenvalue weighted by atomic mass is 19.1. The van der Waals surface area contributed by atoms with Gasteiger partial charge in [-0.1, -0.05) is 6.07 Å². The zero-order chi connectivity index (χ0) is 22.4. The zero-order valence-corrected chi connectivity index (χ0v) is 16.9. The lowest BCUT2D eigenvalue weighted by molar-refractivity contribution is 0.0192. The number of halogens is 2. The number of carbonyl (C=O) groups is 2. The van der Waals surface area contributed by atoms with Crippen molar-refractivity contribution in [2.45, 2.75) is 39.1 Å². The van der Waals surface area contributed by atoms with Crippen molar-refractivity contribution in [1.29, 1.82) is 0 Å². The molecule has 2 aliphatic heterocycles. The number of rotatable bonds is 4. The minimum absolute atomic E-state index is 0.0301. The van der Waals surface area contributed by atoms with Crippen molar-refractivity contribution in [3.63, 3.8) is 0 Å². The van der Waals surface area contributed by atoms with E-state index < -0.39 is 34.6 Å². The summed E-state index contributed by atoms with van der Waals surface area (Å²) in [5.41, 5.74) is -1.30.